The minimum absolute atomic E-state index is 0.0592. The highest BCUT2D eigenvalue weighted by atomic mass is 35.5. The van der Waals surface area contributed by atoms with Gasteiger partial charge in [-0.2, -0.15) is 0 Å². The Labute approximate surface area is 127 Å². The summed E-state index contributed by atoms with van der Waals surface area (Å²) in [5.74, 6) is 0.119. The number of nitrogens with two attached hydrogens (primary N) is 1. The van der Waals surface area contributed by atoms with E-state index in [2.05, 4.69) is 0 Å². The Kier molecular flexibility index (Phi) is 4.86. The van der Waals surface area contributed by atoms with Gasteiger partial charge < -0.3 is 10.5 Å². The van der Waals surface area contributed by atoms with Crippen molar-refractivity contribution in [3.63, 3.8) is 0 Å². The monoisotopic (exact) mass is 313 g/mol. The predicted octanol–water partition coefficient (Wildman–Crippen LogP) is 4.73. The van der Waals surface area contributed by atoms with E-state index in [1.807, 2.05) is 13.0 Å². The maximum Gasteiger partial charge on any atom is 0.138 e. The number of rotatable bonds is 4. The fraction of sp³-hybridized carbons (Fsp3) is 0.200. The van der Waals surface area contributed by atoms with Gasteiger partial charge in [-0.1, -0.05) is 29.3 Å². The second-order valence-corrected chi connectivity index (χ2v) is 5.35. The third-order valence-electron chi connectivity index (χ3n) is 2.87. The van der Waals surface area contributed by atoms with Gasteiger partial charge in [0, 0.05) is 16.6 Å². The van der Waals surface area contributed by atoms with Crippen LogP contribution in [0.2, 0.25) is 10.0 Å². The van der Waals surface area contributed by atoms with Crippen LogP contribution in [0.3, 0.4) is 0 Å². The van der Waals surface area contributed by atoms with Crippen LogP contribution in [0.4, 0.5) is 4.39 Å². The molecular formula is C15H14Cl2FNO. The minimum Gasteiger partial charge on any atom is -0.487 e. The van der Waals surface area contributed by atoms with Crippen molar-refractivity contribution in [3.8, 4) is 5.75 Å². The summed E-state index contributed by atoms with van der Waals surface area (Å²) in [6.45, 7) is 1.93. The van der Waals surface area contributed by atoms with Crippen molar-refractivity contribution < 1.29 is 9.13 Å². The molecule has 0 aliphatic rings. The molecule has 5 heteroatoms. The second-order valence-electron chi connectivity index (χ2n) is 4.50. The Morgan fingerprint density at radius 2 is 1.95 bits per heavy atom. The zero-order chi connectivity index (χ0) is 14.7. The molecule has 0 aromatic heterocycles. The molecule has 0 aliphatic carbocycles. The van der Waals surface area contributed by atoms with E-state index in [4.69, 9.17) is 33.7 Å². The van der Waals surface area contributed by atoms with Crippen molar-refractivity contribution in [2.45, 2.75) is 19.6 Å². The molecule has 0 bridgehead atoms. The van der Waals surface area contributed by atoms with Crippen LogP contribution in [0.5, 0.6) is 5.75 Å². The first-order valence-electron chi connectivity index (χ1n) is 6.09. The quantitative estimate of drug-likeness (QED) is 0.885. The first-order chi connectivity index (χ1) is 9.47. The van der Waals surface area contributed by atoms with Crippen LogP contribution >= 0.6 is 23.2 Å². The lowest BCUT2D eigenvalue weighted by Gasteiger charge is -2.12. The molecule has 0 fully saturated rings. The van der Waals surface area contributed by atoms with Gasteiger partial charge in [0.15, 0.2) is 0 Å². The summed E-state index contributed by atoms with van der Waals surface area (Å²) in [7, 11) is 0. The molecule has 20 heavy (non-hydrogen) atoms. The zero-order valence-corrected chi connectivity index (χ0v) is 12.4. The van der Waals surface area contributed by atoms with E-state index in [1.165, 1.54) is 18.2 Å². The minimum atomic E-state index is -0.363. The van der Waals surface area contributed by atoms with Crippen molar-refractivity contribution in [1.29, 1.82) is 0 Å². The molecule has 2 aromatic rings. The van der Waals surface area contributed by atoms with Crippen LogP contribution in [0.15, 0.2) is 36.4 Å². The Hall–Kier alpha value is -1.29. The van der Waals surface area contributed by atoms with Crippen LogP contribution in [-0.4, -0.2) is 0 Å². The molecule has 2 nitrogen and oxygen atoms in total. The molecule has 0 amide bonds. The summed E-state index contributed by atoms with van der Waals surface area (Å²) in [6, 6.07) is 9.53. The number of ether oxygens (including phenoxy) is 1. The van der Waals surface area contributed by atoms with Crippen LogP contribution < -0.4 is 10.5 Å². The highest BCUT2D eigenvalue weighted by Crippen LogP contribution is 2.28. The van der Waals surface area contributed by atoms with Gasteiger partial charge in [0.2, 0.25) is 0 Å². The fourth-order valence-corrected chi connectivity index (χ4v) is 2.17. The van der Waals surface area contributed by atoms with Gasteiger partial charge in [-0.15, -0.1) is 0 Å². The first-order valence-corrected chi connectivity index (χ1v) is 6.84. The van der Waals surface area contributed by atoms with Crippen LogP contribution in [0.1, 0.15) is 24.1 Å². The van der Waals surface area contributed by atoms with Gasteiger partial charge in [-0.05, 0) is 42.8 Å². The molecule has 2 aromatic carbocycles. The molecule has 0 heterocycles. The summed E-state index contributed by atoms with van der Waals surface area (Å²) < 4.78 is 19.1. The van der Waals surface area contributed by atoms with Crippen molar-refractivity contribution in [2.24, 2.45) is 5.73 Å². The van der Waals surface area contributed by atoms with Gasteiger partial charge in [0.25, 0.3) is 0 Å². The van der Waals surface area contributed by atoms with E-state index in [0.717, 1.165) is 5.56 Å². The molecule has 106 valence electrons. The van der Waals surface area contributed by atoms with E-state index in [1.54, 1.807) is 12.1 Å². The summed E-state index contributed by atoms with van der Waals surface area (Å²) >= 11 is 11.9. The molecule has 0 saturated heterocycles. The topological polar surface area (TPSA) is 35.2 Å². The van der Waals surface area contributed by atoms with E-state index >= 15 is 0 Å². The lowest BCUT2D eigenvalue weighted by molar-refractivity contribution is 0.300. The SMILES string of the molecule is C[C@H](N)c1ccc(OCc2cc(Cl)ccc2F)c(Cl)c1. The average molecular weight is 314 g/mol. The average Bonchev–Trinajstić information content (AvgIpc) is 2.40. The maximum absolute atomic E-state index is 13.6. The van der Waals surface area contributed by atoms with Crippen molar-refractivity contribution >= 4 is 23.2 Å². The van der Waals surface area contributed by atoms with Crippen LogP contribution in [0.25, 0.3) is 0 Å². The normalized spacial score (nSPS) is 12.2. The third-order valence-corrected chi connectivity index (χ3v) is 3.40. The van der Waals surface area contributed by atoms with E-state index in [-0.39, 0.29) is 18.5 Å². The summed E-state index contributed by atoms with van der Waals surface area (Å²) in [5, 5.41) is 0.908. The Bertz CT molecular complexity index is 617. The van der Waals surface area contributed by atoms with Gasteiger partial charge in [-0.3, -0.25) is 0 Å². The Morgan fingerprint density at radius 3 is 2.60 bits per heavy atom. The van der Waals surface area contributed by atoms with Crippen LogP contribution in [0, 0.1) is 5.82 Å². The molecule has 2 N–H and O–H groups in total. The molecule has 0 spiro atoms. The number of hydrogen-bond donors (Lipinski definition) is 1. The predicted molar refractivity (Wildman–Crippen MR) is 79.8 cm³/mol. The summed E-state index contributed by atoms with van der Waals surface area (Å²) in [5.41, 5.74) is 7.06. The van der Waals surface area contributed by atoms with Crippen molar-refractivity contribution in [1.82, 2.24) is 0 Å². The smallest absolute Gasteiger partial charge is 0.138 e. The highest BCUT2D eigenvalue weighted by Gasteiger charge is 2.08. The molecule has 1 atom stereocenters. The third kappa shape index (κ3) is 3.63. The van der Waals surface area contributed by atoms with Crippen LogP contribution in [-0.2, 0) is 6.61 Å². The summed E-state index contributed by atoms with van der Waals surface area (Å²) in [4.78, 5) is 0. The largest absolute Gasteiger partial charge is 0.487 e. The molecule has 2 rings (SSSR count). The maximum atomic E-state index is 13.6. The standard InChI is InChI=1S/C15H14Cl2FNO/c1-9(19)10-2-5-15(13(17)7-10)20-8-11-6-12(16)3-4-14(11)18/h2-7,9H,8,19H2,1H3/t9-/m0/s1. The fourth-order valence-electron chi connectivity index (χ4n) is 1.73. The summed E-state index contributed by atoms with van der Waals surface area (Å²) in [6.07, 6.45) is 0. The number of hydrogen-bond acceptors (Lipinski definition) is 2. The molecule has 0 aliphatic heterocycles. The Morgan fingerprint density at radius 1 is 1.20 bits per heavy atom. The van der Waals surface area contributed by atoms with E-state index in [9.17, 15) is 4.39 Å². The molecule has 0 radical (unpaired) electrons. The Balaban J connectivity index is 2.13. The zero-order valence-electron chi connectivity index (χ0n) is 10.9. The van der Waals surface area contributed by atoms with Crippen molar-refractivity contribution in [2.75, 3.05) is 0 Å². The lowest BCUT2D eigenvalue weighted by atomic mass is 10.1. The van der Waals surface area contributed by atoms with Gasteiger partial charge >= 0.3 is 0 Å². The van der Waals surface area contributed by atoms with Gasteiger partial charge in [0.1, 0.15) is 18.2 Å². The van der Waals surface area contributed by atoms with Gasteiger partial charge in [0.05, 0.1) is 5.02 Å². The molecule has 0 saturated carbocycles. The lowest BCUT2D eigenvalue weighted by Crippen LogP contribution is -2.05. The first kappa shape index (κ1) is 15.1. The molecular weight excluding hydrogens is 300 g/mol. The van der Waals surface area contributed by atoms with Crippen molar-refractivity contribution in [3.05, 3.63) is 63.4 Å². The number of halogens is 3. The van der Waals surface area contributed by atoms with Gasteiger partial charge in [-0.25, -0.2) is 4.39 Å². The number of benzene rings is 2. The second kappa shape index (κ2) is 6.44. The highest BCUT2D eigenvalue weighted by molar-refractivity contribution is 6.32. The van der Waals surface area contributed by atoms with E-state index in [0.29, 0.717) is 21.4 Å². The van der Waals surface area contributed by atoms with E-state index < -0.39 is 0 Å². The molecule has 0 unspecified atom stereocenters.